The van der Waals surface area contributed by atoms with E-state index in [0.29, 0.717) is 5.75 Å². The van der Waals surface area contributed by atoms with Crippen LogP contribution in [0.2, 0.25) is 0 Å². The Morgan fingerprint density at radius 3 is 2.40 bits per heavy atom. The van der Waals surface area contributed by atoms with Gasteiger partial charge >= 0.3 is 0 Å². The number of phenolic OH excluding ortho intramolecular Hbond substituents is 1. The quantitative estimate of drug-likeness (QED) is 0.714. The van der Waals surface area contributed by atoms with Crippen LogP contribution in [0.15, 0.2) is 24.3 Å². The van der Waals surface area contributed by atoms with Crippen molar-refractivity contribution in [1.82, 2.24) is 0 Å². The summed E-state index contributed by atoms with van der Waals surface area (Å²) in [6.45, 7) is 6.63. The van der Waals surface area contributed by atoms with Gasteiger partial charge in [-0.1, -0.05) is 58.2 Å². The minimum atomic E-state index is 0.0838. The Morgan fingerprint density at radius 2 is 1.80 bits per heavy atom. The second kappa shape index (κ2) is 5.20. The zero-order valence-corrected chi connectivity index (χ0v) is 10.1. The van der Waals surface area contributed by atoms with E-state index in [1.807, 2.05) is 18.2 Å². The molecule has 1 heteroatoms. The van der Waals surface area contributed by atoms with Crippen molar-refractivity contribution < 1.29 is 5.11 Å². The predicted octanol–water partition coefficient (Wildman–Crippen LogP) is 4.25. The molecule has 0 atom stereocenters. The normalized spacial score (nSPS) is 11.7. The molecule has 0 unspecified atom stereocenters. The van der Waals surface area contributed by atoms with Crippen LogP contribution < -0.4 is 0 Å². The van der Waals surface area contributed by atoms with E-state index in [4.69, 9.17) is 0 Å². The van der Waals surface area contributed by atoms with E-state index in [1.54, 1.807) is 6.07 Å². The molecule has 0 spiro atoms. The van der Waals surface area contributed by atoms with Crippen LogP contribution in [-0.2, 0) is 5.41 Å². The van der Waals surface area contributed by atoms with Gasteiger partial charge in [-0.2, -0.15) is 0 Å². The van der Waals surface area contributed by atoms with Crippen LogP contribution in [0.1, 0.15) is 52.0 Å². The summed E-state index contributed by atoms with van der Waals surface area (Å²) in [5, 5.41) is 9.80. The van der Waals surface area contributed by atoms with Crippen molar-refractivity contribution >= 4 is 0 Å². The first-order chi connectivity index (χ1) is 7.08. The summed E-state index contributed by atoms with van der Waals surface area (Å²) in [5.74, 6) is 0.430. The van der Waals surface area contributed by atoms with Crippen molar-refractivity contribution in [3.05, 3.63) is 29.8 Å². The summed E-state index contributed by atoms with van der Waals surface area (Å²) in [6.07, 6.45) is 4.89. The topological polar surface area (TPSA) is 20.2 Å². The van der Waals surface area contributed by atoms with Crippen LogP contribution in [0, 0.1) is 0 Å². The molecule has 0 bridgehead atoms. The summed E-state index contributed by atoms with van der Waals surface area (Å²) in [4.78, 5) is 0. The highest BCUT2D eigenvalue weighted by atomic mass is 16.3. The highest BCUT2D eigenvalue weighted by molar-refractivity contribution is 5.37. The zero-order chi connectivity index (χ0) is 11.3. The van der Waals surface area contributed by atoms with Gasteiger partial charge in [0.2, 0.25) is 0 Å². The van der Waals surface area contributed by atoms with Gasteiger partial charge in [0, 0.05) is 0 Å². The van der Waals surface area contributed by atoms with Crippen LogP contribution in [0.4, 0.5) is 0 Å². The van der Waals surface area contributed by atoms with Crippen LogP contribution in [-0.4, -0.2) is 5.11 Å². The average Bonchev–Trinajstić information content (AvgIpc) is 2.18. The van der Waals surface area contributed by atoms with Crippen molar-refractivity contribution in [3.8, 4) is 5.75 Å². The van der Waals surface area contributed by atoms with Gasteiger partial charge in [-0.3, -0.25) is 0 Å². The van der Waals surface area contributed by atoms with Gasteiger partial charge in [0.05, 0.1) is 0 Å². The molecule has 0 fully saturated rings. The summed E-state index contributed by atoms with van der Waals surface area (Å²) in [5.41, 5.74) is 1.15. The molecule has 0 amide bonds. The van der Waals surface area contributed by atoms with Crippen molar-refractivity contribution in [1.29, 1.82) is 0 Å². The summed E-state index contributed by atoms with van der Waals surface area (Å²) >= 11 is 0. The largest absolute Gasteiger partial charge is 0.508 e. The Bertz CT molecular complexity index is 302. The zero-order valence-electron chi connectivity index (χ0n) is 10.1. The third-order valence-electron chi connectivity index (χ3n) is 3.04. The fourth-order valence-electron chi connectivity index (χ4n) is 2.00. The molecule has 0 saturated carbocycles. The lowest BCUT2D eigenvalue weighted by atomic mass is 9.79. The molecule has 0 aliphatic rings. The molecule has 1 aromatic rings. The van der Waals surface area contributed by atoms with E-state index in [-0.39, 0.29) is 5.41 Å². The summed E-state index contributed by atoms with van der Waals surface area (Å²) < 4.78 is 0. The number of aromatic hydroxyl groups is 1. The van der Waals surface area contributed by atoms with E-state index in [2.05, 4.69) is 20.8 Å². The second-order valence-corrected chi connectivity index (χ2v) is 4.86. The van der Waals surface area contributed by atoms with Gasteiger partial charge in [0.1, 0.15) is 5.75 Å². The smallest absolute Gasteiger partial charge is 0.119 e. The molecular formula is C14H22O. The van der Waals surface area contributed by atoms with Gasteiger partial charge in [-0.15, -0.1) is 0 Å². The molecule has 0 radical (unpaired) electrons. The molecule has 0 aliphatic heterocycles. The van der Waals surface area contributed by atoms with Gasteiger partial charge in [0.15, 0.2) is 0 Å². The molecule has 0 saturated heterocycles. The molecule has 1 aromatic carbocycles. The monoisotopic (exact) mass is 206 g/mol. The van der Waals surface area contributed by atoms with Crippen LogP contribution in [0.25, 0.3) is 0 Å². The van der Waals surface area contributed by atoms with Crippen molar-refractivity contribution in [2.45, 2.75) is 51.9 Å². The fraction of sp³-hybridized carbons (Fsp3) is 0.571. The minimum absolute atomic E-state index is 0.0838. The van der Waals surface area contributed by atoms with Crippen LogP contribution in [0.5, 0.6) is 5.75 Å². The van der Waals surface area contributed by atoms with E-state index in [0.717, 1.165) is 12.0 Å². The number of rotatable bonds is 5. The maximum atomic E-state index is 9.80. The number of benzene rings is 1. The van der Waals surface area contributed by atoms with Gasteiger partial charge in [0.25, 0.3) is 0 Å². The van der Waals surface area contributed by atoms with E-state index in [1.165, 1.54) is 19.3 Å². The SMILES string of the molecule is CCCCCC(C)(C)c1ccccc1O. The van der Waals surface area contributed by atoms with Crippen LogP contribution >= 0.6 is 0 Å². The first-order valence-electron chi connectivity index (χ1n) is 5.86. The Kier molecular flexibility index (Phi) is 4.19. The van der Waals surface area contributed by atoms with Gasteiger partial charge < -0.3 is 5.11 Å². The maximum absolute atomic E-state index is 9.80. The Labute approximate surface area is 93.1 Å². The average molecular weight is 206 g/mol. The number of unbranched alkanes of at least 4 members (excludes halogenated alkanes) is 2. The van der Waals surface area contributed by atoms with Crippen molar-refractivity contribution in [2.75, 3.05) is 0 Å². The number of hydrogen-bond acceptors (Lipinski definition) is 1. The second-order valence-electron chi connectivity index (χ2n) is 4.86. The molecule has 15 heavy (non-hydrogen) atoms. The lowest BCUT2D eigenvalue weighted by Gasteiger charge is -2.26. The van der Waals surface area contributed by atoms with Gasteiger partial charge in [-0.05, 0) is 23.5 Å². The third kappa shape index (κ3) is 3.26. The molecule has 0 heterocycles. The molecular weight excluding hydrogens is 184 g/mol. The standard InChI is InChI=1S/C14H22O/c1-4-5-8-11-14(2,3)12-9-6-7-10-13(12)15/h6-7,9-10,15H,4-5,8,11H2,1-3H3. The molecule has 1 rings (SSSR count). The first kappa shape index (κ1) is 12.1. The number of phenols is 1. The van der Waals surface area contributed by atoms with Crippen molar-refractivity contribution in [2.24, 2.45) is 0 Å². The molecule has 1 nitrogen and oxygen atoms in total. The maximum Gasteiger partial charge on any atom is 0.119 e. The lowest BCUT2D eigenvalue weighted by molar-refractivity contribution is 0.408. The molecule has 1 N–H and O–H groups in total. The molecule has 0 aromatic heterocycles. The highest BCUT2D eigenvalue weighted by Gasteiger charge is 2.22. The van der Waals surface area contributed by atoms with Gasteiger partial charge in [-0.25, -0.2) is 0 Å². The number of para-hydroxylation sites is 1. The number of hydrogen-bond donors (Lipinski definition) is 1. The van der Waals surface area contributed by atoms with E-state index in [9.17, 15) is 5.11 Å². The van der Waals surface area contributed by atoms with Crippen LogP contribution in [0.3, 0.4) is 0 Å². The fourth-order valence-corrected chi connectivity index (χ4v) is 2.00. The minimum Gasteiger partial charge on any atom is -0.508 e. The van der Waals surface area contributed by atoms with E-state index >= 15 is 0 Å². The summed E-state index contributed by atoms with van der Waals surface area (Å²) in [6, 6.07) is 7.68. The molecule has 0 aliphatic carbocycles. The molecule has 84 valence electrons. The van der Waals surface area contributed by atoms with E-state index < -0.39 is 0 Å². The summed E-state index contributed by atoms with van der Waals surface area (Å²) in [7, 11) is 0. The Balaban J connectivity index is 2.72. The Morgan fingerprint density at radius 1 is 1.13 bits per heavy atom. The highest BCUT2D eigenvalue weighted by Crippen LogP contribution is 2.34. The van der Waals surface area contributed by atoms with Crippen molar-refractivity contribution in [3.63, 3.8) is 0 Å². The predicted molar refractivity (Wildman–Crippen MR) is 65.3 cm³/mol. The first-order valence-corrected chi connectivity index (χ1v) is 5.86. The lowest BCUT2D eigenvalue weighted by Crippen LogP contribution is -2.17. The third-order valence-corrected chi connectivity index (χ3v) is 3.04. The Hall–Kier alpha value is -0.980.